The predicted molar refractivity (Wildman–Crippen MR) is 55.8 cm³/mol. The Morgan fingerprint density at radius 1 is 1.50 bits per heavy atom. The first-order valence-corrected chi connectivity index (χ1v) is 6.73. The van der Waals surface area contributed by atoms with Crippen molar-refractivity contribution in [3.05, 3.63) is 0 Å². The van der Waals surface area contributed by atoms with E-state index in [1.54, 1.807) is 6.92 Å². The molecule has 5 heteroatoms. The molecule has 1 aliphatic rings. The summed E-state index contributed by atoms with van der Waals surface area (Å²) in [6.07, 6.45) is 0.666. The molecule has 0 aromatic rings. The molecule has 84 valence electrons. The van der Waals surface area contributed by atoms with Crippen LogP contribution in [0.25, 0.3) is 0 Å². The number of rotatable bonds is 6. The fourth-order valence-electron chi connectivity index (χ4n) is 1.75. The normalized spacial score (nSPS) is 31.8. The first kappa shape index (κ1) is 11.9. The summed E-state index contributed by atoms with van der Waals surface area (Å²) in [7, 11) is -2.94. The van der Waals surface area contributed by atoms with E-state index in [0.29, 0.717) is 26.2 Å². The summed E-state index contributed by atoms with van der Waals surface area (Å²) in [6.45, 7) is 5.06. The van der Waals surface area contributed by atoms with Crippen LogP contribution >= 0.6 is 0 Å². The van der Waals surface area contributed by atoms with Gasteiger partial charge < -0.3 is 10.5 Å². The van der Waals surface area contributed by atoms with E-state index in [2.05, 4.69) is 0 Å². The highest BCUT2D eigenvalue weighted by atomic mass is 32.2. The van der Waals surface area contributed by atoms with Crippen molar-refractivity contribution in [3.8, 4) is 0 Å². The van der Waals surface area contributed by atoms with Crippen LogP contribution in [0.4, 0.5) is 0 Å². The molecular formula is C9H19NO3S. The smallest absolute Gasteiger partial charge is 0.153 e. The predicted octanol–water partition coefficient (Wildman–Crippen LogP) is 0.175. The maximum atomic E-state index is 11.6. The van der Waals surface area contributed by atoms with Gasteiger partial charge in [0.15, 0.2) is 9.84 Å². The number of nitrogens with two attached hydrogens (primary N) is 1. The fourth-order valence-corrected chi connectivity index (χ4v) is 3.66. The van der Waals surface area contributed by atoms with E-state index >= 15 is 0 Å². The maximum Gasteiger partial charge on any atom is 0.153 e. The van der Waals surface area contributed by atoms with Crippen molar-refractivity contribution in [1.82, 2.24) is 0 Å². The minimum Gasteiger partial charge on any atom is -0.381 e. The van der Waals surface area contributed by atoms with E-state index in [-0.39, 0.29) is 16.4 Å². The van der Waals surface area contributed by atoms with Gasteiger partial charge in [-0.3, -0.25) is 0 Å². The number of sulfone groups is 1. The lowest BCUT2D eigenvalue weighted by Crippen LogP contribution is -2.29. The Morgan fingerprint density at radius 2 is 2.14 bits per heavy atom. The van der Waals surface area contributed by atoms with Gasteiger partial charge in [0.2, 0.25) is 0 Å². The third kappa shape index (κ3) is 2.10. The molecule has 0 aromatic heterocycles. The van der Waals surface area contributed by atoms with Crippen LogP contribution in [0.3, 0.4) is 0 Å². The highest BCUT2D eigenvalue weighted by molar-refractivity contribution is 7.92. The lowest BCUT2D eigenvalue weighted by molar-refractivity contribution is 0.104. The van der Waals surface area contributed by atoms with Gasteiger partial charge in [0.25, 0.3) is 0 Å². The summed E-state index contributed by atoms with van der Waals surface area (Å²) in [5, 5.41) is -0.267. The van der Waals surface area contributed by atoms with Gasteiger partial charge >= 0.3 is 0 Å². The van der Waals surface area contributed by atoms with Crippen molar-refractivity contribution in [1.29, 1.82) is 0 Å². The van der Waals surface area contributed by atoms with Gasteiger partial charge in [0.05, 0.1) is 11.9 Å². The molecule has 14 heavy (non-hydrogen) atoms. The van der Waals surface area contributed by atoms with Gasteiger partial charge in [-0.25, -0.2) is 8.42 Å². The number of ether oxygens (including phenoxy) is 1. The van der Waals surface area contributed by atoms with E-state index < -0.39 is 9.84 Å². The van der Waals surface area contributed by atoms with Crippen LogP contribution in [0.1, 0.15) is 20.3 Å². The second-order valence-electron chi connectivity index (χ2n) is 3.85. The van der Waals surface area contributed by atoms with Crippen molar-refractivity contribution in [2.75, 3.05) is 25.5 Å². The molecule has 1 saturated carbocycles. The summed E-state index contributed by atoms with van der Waals surface area (Å²) in [5.74, 6) is 0.200. The second-order valence-corrected chi connectivity index (χ2v) is 6.32. The summed E-state index contributed by atoms with van der Waals surface area (Å²) in [4.78, 5) is 0. The van der Waals surface area contributed by atoms with Gasteiger partial charge in [0, 0.05) is 24.3 Å². The van der Waals surface area contributed by atoms with Crippen LogP contribution < -0.4 is 5.73 Å². The van der Waals surface area contributed by atoms with Crippen LogP contribution in [0.15, 0.2) is 0 Å². The zero-order valence-corrected chi connectivity index (χ0v) is 9.64. The number of hydrogen-bond acceptors (Lipinski definition) is 4. The number of hydrogen-bond donors (Lipinski definition) is 1. The van der Waals surface area contributed by atoms with Crippen molar-refractivity contribution >= 4 is 9.84 Å². The average molecular weight is 221 g/mol. The zero-order valence-electron chi connectivity index (χ0n) is 8.82. The third-order valence-corrected chi connectivity index (χ3v) is 5.29. The molecule has 0 heterocycles. The van der Waals surface area contributed by atoms with E-state index in [9.17, 15) is 8.42 Å². The van der Waals surface area contributed by atoms with Crippen molar-refractivity contribution < 1.29 is 13.2 Å². The van der Waals surface area contributed by atoms with E-state index in [1.165, 1.54) is 0 Å². The Balaban J connectivity index is 2.63. The third-order valence-electron chi connectivity index (χ3n) is 2.95. The lowest BCUT2D eigenvalue weighted by Gasteiger charge is -2.14. The molecule has 0 radical (unpaired) electrons. The molecule has 0 saturated heterocycles. The molecule has 0 amide bonds. The molecule has 4 nitrogen and oxygen atoms in total. The highest BCUT2D eigenvalue weighted by Crippen LogP contribution is 2.50. The van der Waals surface area contributed by atoms with Crippen LogP contribution in [0.5, 0.6) is 0 Å². The Hall–Kier alpha value is -0.130. The van der Waals surface area contributed by atoms with Gasteiger partial charge in [-0.15, -0.1) is 0 Å². The van der Waals surface area contributed by atoms with Gasteiger partial charge in [-0.05, 0) is 13.3 Å². The molecule has 1 fully saturated rings. The molecular weight excluding hydrogens is 202 g/mol. The minimum absolute atomic E-state index is 0.200. The Morgan fingerprint density at radius 3 is 2.57 bits per heavy atom. The fraction of sp³-hybridized carbons (Fsp3) is 1.00. The average Bonchev–Trinajstić information content (AvgIpc) is 2.91. The Bertz CT molecular complexity index is 288. The summed E-state index contributed by atoms with van der Waals surface area (Å²) >= 11 is 0. The largest absolute Gasteiger partial charge is 0.381 e. The lowest BCUT2D eigenvalue weighted by atomic mass is 10.1. The van der Waals surface area contributed by atoms with E-state index in [4.69, 9.17) is 10.5 Å². The molecule has 1 rings (SSSR count). The Kier molecular flexibility index (Phi) is 3.55. The quantitative estimate of drug-likeness (QED) is 0.694. The maximum absolute atomic E-state index is 11.6. The molecule has 0 spiro atoms. The molecule has 0 aliphatic heterocycles. The van der Waals surface area contributed by atoms with E-state index in [1.807, 2.05) is 6.92 Å². The van der Waals surface area contributed by atoms with Crippen LogP contribution in [0.2, 0.25) is 0 Å². The van der Waals surface area contributed by atoms with Crippen LogP contribution in [-0.2, 0) is 14.6 Å². The summed E-state index contributed by atoms with van der Waals surface area (Å²) < 4.78 is 28.5. The van der Waals surface area contributed by atoms with Gasteiger partial charge in [-0.1, -0.05) is 6.92 Å². The zero-order chi connectivity index (χ0) is 10.8. The Labute approximate surface area is 85.7 Å². The first-order valence-electron chi connectivity index (χ1n) is 5.02. The molecule has 2 unspecified atom stereocenters. The molecule has 0 bridgehead atoms. The van der Waals surface area contributed by atoms with Gasteiger partial charge in [0.1, 0.15) is 0 Å². The topological polar surface area (TPSA) is 69.4 Å². The molecule has 1 aliphatic carbocycles. The first-order chi connectivity index (χ1) is 6.52. The SMILES string of the molecule is CCOCC1(CN)CC1S(=O)(=O)CC. The van der Waals surface area contributed by atoms with E-state index in [0.717, 1.165) is 0 Å². The van der Waals surface area contributed by atoms with Crippen molar-refractivity contribution in [3.63, 3.8) is 0 Å². The highest BCUT2D eigenvalue weighted by Gasteiger charge is 2.59. The van der Waals surface area contributed by atoms with Crippen LogP contribution in [0, 0.1) is 5.41 Å². The molecule has 0 aromatic carbocycles. The van der Waals surface area contributed by atoms with Gasteiger partial charge in [-0.2, -0.15) is 0 Å². The second kappa shape index (κ2) is 4.16. The summed E-state index contributed by atoms with van der Waals surface area (Å²) in [6, 6.07) is 0. The standard InChI is InChI=1S/C9H19NO3S/c1-3-13-7-9(6-10)5-8(9)14(11,12)4-2/h8H,3-7,10H2,1-2H3. The van der Waals surface area contributed by atoms with Crippen molar-refractivity contribution in [2.24, 2.45) is 11.1 Å². The molecule has 2 atom stereocenters. The van der Waals surface area contributed by atoms with Crippen LogP contribution in [-0.4, -0.2) is 39.2 Å². The molecule has 2 N–H and O–H groups in total. The summed E-state index contributed by atoms with van der Waals surface area (Å²) in [5.41, 5.74) is 5.32. The minimum atomic E-state index is -2.94. The van der Waals surface area contributed by atoms with Crippen molar-refractivity contribution in [2.45, 2.75) is 25.5 Å². The monoisotopic (exact) mass is 221 g/mol.